The molecule has 0 atom stereocenters. The van der Waals surface area contributed by atoms with Crippen molar-refractivity contribution < 1.29 is 9.53 Å². The van der Waals surface area contributed by atoms with Crippen LogP contribution in [0.25, 0.3) is 0 Å². The van der Waals surface area contributed by atoms with Crippen molar-refractivity contribution >= 4 is 45.0 Å². The molecule has 0 aliphatic rings. The zero-order valence-electron chi connectivity index (χ0n) is 9.72. The maximum Gasteiger partial charge on any atom is 0.252 e. The molecule has 0 aliphatic carbocycles. The monoisotopic (exact) mass is 353 g/mol. The second kappa shape index (κ2) is 8.75. The van der Waals surface area contributed by atoms with Gasteiger partial charge in [-0.05, 0) is 40.5 Å². The summed E-state index contributed by atoms with van der Waals surface area (Å²) in [6.07, 6.45) is 0.751. The van der Waals surface area contributed by atoms with Crippen molar-refractivity contribution in [3.8, 4) is 0 Å². The van der Waals surface area contributed by atoms with Crippen molar-refractivity contribution in [3.05, 3.63) is 33.3 Å². The molecule has 1 aromatic rings. The van der Waals surface area contributed by atoms with Crippen LogP contribution in [0.2, 0.25) is 5.02 Å². The second-order valence-corrected chi connectivity index (χ2v) is 5.20. The highest BCUT2D eigenvalue weighted by molar-refractivity contribution is 9.10. The summed E-state index contributed by atoms with van der Waals surface area (Å²) in [4.78, 5) is 11.8. The number of nitrogens with one attached hydrogen (secondary N) is 1. The number of hydrogen-bond donors (Lipinski definition) is 1. The first kappa shape index (κ1) is 15.8. The molecule has 6 heteroatoms. The fourth-order valence-corrected chi connectivity index (χ4v) is 2.01. The number of ether oxygens (including phenoxy) is 1. The standard InChI is InChI=1S/C12H14BrCl2NO2/c13-11-3-2-9(15)8-10(11)12(17)16-5-1-6-18-7-4-14/h2-3,8H,1,4-7H2,(H,16,17). The van der Waals surface area contributed by atoms with Crippen LogP contribution in [0.1, 0.15) is 16.8 Å². The Hall–Kier alpha value is -0.290. The molecule has 0 saturated heterocycles. The van der Waals surface area contributed by atoms with E-state index >= 15 is 0 Å². The second-order valence-electron chi connectivity index (χ2n) is 3.53. The number of amides is 1. The molecule has 100 valence electrons. The molecule has 0 aliphatic heterocycles. The van der Waals surface area contributed by atoms with E-state index < -0.39 is 0 Å². The van der Waals surface area contributed by atoms with Crippen LogP contribution in [0.3, 0.4) is 0 Å². The lowest BCUT2D eigenvalue weighted by molar-refractivity contribution is 0.0943. The van der Waals surface area contributed by atoms with Gasteiger partial charge in [0.15, 0.2) is 0 Å². The minimum atomic E-state index is -0.151. The fraction of sp³-hybridized carbons (Fsp3) is 0.417. The predicted octanol–water partition coefficient (Wildman–Crippen LogP) is 3.48. The number of carbonyl (C=O) groups excluding carboxylic acids is 1. The lowest BCUT2D eigenvalue weighted by Crippen LogP contribution is -2.25. The molecule has 1 amide bonds. The van der Waals surface area contributed by atoms with Gasteiger partial charge in [-0.2, -0.15) is 0 Å². The van der Waals surface area contributed by atoms with E-state index in [0.29, 0.717) is 36.2 Å². The first-order chi connectivity index (χ1) is 8.65. The highest BCUT2D eigenvalue weighted by Crippen LogP contribution is 2.20. The average molecular weight is 355 g/mol. The van der Waals surface area contributed by atoms with Gasteiger partial charge in [-0.15, -0.1) is 11.6 Å². The van der Waals surface area contributed by atoms with Gasteiger partial charge < -0.3 is 10.1 Å². The molecule has 0 spiro atoms. The summed E-state index contributed by atoms with van der Waals surface area (Å²) in [5, 5.41) is 3.34. The van der Waals surface area contributed by atoms with Crippen LogP contribution >= 0.6 is 39.1 Å². The Morgan fingerprint density at radius 3 is 2.89 bits per heavy atom. The number of rotatable bonds is 7. The number of alkyl halides is 1. The molecule has 1 aromatic carbocycles. The Morgan fingerprint density at radius 2 is 2.17 bits per heavy atom. The lowest BCUT2D eigenvalue weighted by atomic mass is 10.2. The average Bonchev–Trinajstić information content (AvgIpc) is 2.36. The van der Waals surface area contributed by atoms with E-state index in [1.54, 1.807) is 18.2 Å². The normalized spacial score (nSPS) is 10.4. The Balaban J connectivity index is 2.34. The van der Waals surface area contributed by atoms with Crippen LogP contribution in [-0.2, 0) is 4.74 Å². The molecule has 18 heavy (non-hydrogen) atoms. The lowest BCUT2D eigenvalue weighted by Gasteiger charge is -2.07. The minimum absolute atomic E-state index is 0.151. The van der Waals surface area contributed by atoms with Gasteiger partial charge in [-0.1, -0.05) is 11.6 Å². The van der Waals surface area contributed by atoms with E-state index in [0.717, 1.165) is 10.9 Å². The highest BCUT2D eigenvalue weighted by atomic mass is 79.9. The van der Waals surface area contributed by atoms with E-state index in [1.165, 1.54) is 0 Å². The molecule has 0 saturated carbocycles. The van der Waals surface area contributed by atoms with Gasteiger partial charge in [0.25, 0.3) is 5.91 Å². The SMILES string of the molecule is O=C(NCCCOCCCl)c1cc(Cl)ccc1Br. The summed E-state index contributed by atoms with van der Waals surface area (Å²) in [6, 6.07) is 5.11. The number of halogens is 3. The predicted molar refractivity (Wildman–Crippen MR) is 77.6 cm³/mol. The summed E-state index contributed by atoms with van der Waals surface area (Å²) in [5.74, 6) is 0.337. The van der Waals surface area contributed by atoms with E-state index in [9.17, 15) is 4.79 Å². The quantitative estimate of drug-likeness (QED) is 0.601. The van der Waals surface area contributed by atoms with Gasteiger partial charge in [-0.25, -0.2) is 0 Å². The maximum absolute atomic E-state index is 11.8. The zero-order chi connectivity index (χ0) is 13.4. The third-order valence-electron chi connectivity index (χ3n) is 2.15. The third-order valence-corrected chi connectivity index (χ3v) is 3.23. The molecular formula is C12H14BrCl2NO2. The maximum atomic E-state index is 11.8. The van der Waals surface area contributed by atoms with Gasteiger partial charge in [0.1, 0.15) is 0 Å². The number of hydrogen-bond acceptors (Lipinski definition) is 2. The molecular weight excluding hydrogens is 341 g/mol. The van der Waals surface area contributed by atoms with Crippen LogP contribution in [0, 0.1) is 0 Å². The fourth-order valence-electron chi connectivity index (χ4n) is 1.30. The van der Waals surface area contributed by atoms with Gasteiger partial charge in [0.05, 0.1) is 12.2 Å². The minimum Gasteiger partial charge on any atom is -0.380 e. The summed E-state index contributed by atoms with van der Waals surface area (Å²) in [7, 11) is 0. The highest BCUT2D eigenvalue weighted by Gasteiger charge is 2.09. The first-order valence-electron chi connectivity index (χ1n) is 5.52. The number of carbonyl (C=O) groups is 1. The van der Waals surface area contributed by atoms with Crippen molar-refractivity contribution in [1.29, 1.82) is 0 Å². The number of benzene rings is 1. The van der Waals surface area contributed by atoms with E-state index in [-0.39, 0.29) is 5.91 Å². The molecule has 0 heterocycles. The van der Waals surface area contributed by atoms with Crippen molar-refractivity contribution in [2.45, 2.75) is 6.42 Å². The molecule has 1 rings (SSSR count). The van der Waals surface area contributed by atoms with E-state index in [1.807, 2.05) is 0 Å². The molecule has 3 nitrogen and oxygen atoms in total. The molecule has 0 fully saturated rings. The van der Waals surface area contributed by atoms with E-state index in [4.69, 9.17) is 27.9 Å². The third kappa shape index (κ3) is 5.57. The zero-order valence-corrected chi connectivity index (χ0v) is 12.8. The molecule has 1 N–H and O–H groups in total. The molecule has 0 unspecified atom stereocenters. The van der Waals surface area contributed by atoms with Crippen molar-refractivity contribution in [2.75, 3.05) is 25.6 Å². The Labute approximate surface area is 125 Å². The van der Waals surface area contributed by atoms with Gasteiger partial charge in [-0.3, -0.25) is 4.79 Å². The summed E-state index contributed by atoms with van der Waals surface area (Å²) >= 11 is 14.6. The Morgan fingerprint density at radius 1 is 1.39 bits per heavy atom. The summed E-state index contributed by atoms with van der Waals surface area (Å²) in [5.41, 5.74) is 0.532. The first-order valence-corrected chi connectivity index (χ1v) is 7.22. The topological polar surface area (TPSA) is 38.3 Å². The summed E-state index contributed by atoms with van der Waals surface area (Å²) < 4.78 is 5.92. The molecule has 0 aromatic heterocycles. The molecule has 0 radical (unpaired) electrons. The largest absolute Gasteiger partial charge is 0.380 e. The Kier molecular flexibility index (Phi) is 7.66. The van der Waals surface area contributed by atoms with Crippen molar-refractivity contribution in [1.82, 2.24) is 5.32 Å². The van der Waals surface area contributed by atoms with Gasteiger partial charge in [0.2, 0.25) is 0 Å². The van der Waals surface area contributed by atoms with Gasteiger partial charge in [0, 0.05) is 28.5 Å². The van der Waals surface area contributed by atoms with E-state index in [2.05, 4.69) is 21.2 Å². The molecule has 0 bridgehead atoms. The van der Waals surface area contributed by atoms with Gasteiger partial charge >= 0.3 is 0 Å². The van der Waals surface area contributed by atoms with Crippen LogP contribution in [-0.4, -0.2) is 31.5 Å². The summed E-state index contributed by atoms with van der Waals surface area (Å²) in [6.45, 7) is 1.68. The van der Waals surface area contributed by atoms with Crippen molar-refractivity contribution in [3.63, 3.8) is 0 Å². The smallest absolute Gasteiger partial charge is 0.252 e. The van der Waals surface area contributed by atoms with Crippen LogP contribution in [0.15, 0.2) is 22.7 Å². The van der Waals surface area contributed by atoms with Crippen LogP contribution in [0.4, 0.5) is 0 Å². The van der Waals surface area contributed by atoms with Crippen molar-refractivity contribution in [2.24, 2.45) is 0 Å². The van der Waals surface area contributed by atoms with Crippen LogP contribution < -0.4 is 5.32 Å². The Bertz CT molecular complexity index is 402. The van der Waals surface area contributed by atoms with Crippen LogP contribution in [0.5, 0.6) is 0 Å².